The van der Waals surface area contributed by atoms with Crippen molar-refractivity contribution in [2.24, 2.45) is 28.3 Å². The van der Waals surface area contributed by atoms with Crippen LogP contribution in [0.3, 0.4) is 0 Å². The number of unbranched alkanes of at least 4 members (excludes halogenated alkanes) is 2. The number of amides is 1. The minimum absolute atomic E-state index is 0.0888. The Bertz CT molecular complexity index is 1960. The largest absolute Gasteiger partial charge is 0.459 e. The second kappa shape index (κ2) is 18.3. The van der Waals surface area contributed by atoms with Crippen molar-refractivity contribution in [1.82, 2.24) is 4.90 Å². The minimum Gasteiger partial charge on any atom is -0.459 e. The van der Waals surface area contributed by atoms with Crippen molar-refractivity contribution >= 4 is 22.6 Å². The number of rotatable bonds is 16. The van der Waals surface area contributed by atoms with E-state index < -0.39 is 29.4 Å². The Morgan fingerprint density at radius 3 is 2.33 bits per heavy atom. The number of carbonyl (C=O) groups is 1. The molecule has 0 bridgehead atoms. The highest BCUT2D eigenvalue weighted by Crippen LogP contribution is 2.62. The summed E-state index contributed by atoms with van der Waals surface area (Å²) >= 11 is 0. The summed E-state index contributed by atoms with van der Waals surface area (Å²) in [6.45, 7) is 16.6. The van der Waals surface area contributed by atoms with E-state index >= 15 is 0 Å². The number of ether oxygens (including phenoxy) is 4. The lowest BCUT2D eigenvalue weighted by atomic mass is 9.55. The molecule has 0 spiro atoms. The van der Waals surface area contributed by atoms with Crippen LogP contribution < -0.4 is 9.47 Å². The monoisotopic (exact) mass is 796 g/mol. The zero-order valence-electron chi connectivity index (χ0n) is 35.5. The quantitative estimate of drug-likeness (QED) is 0.0836. The summed E-state index contributed by atoms with van der Waals surface area (Å²) in [5.41, 5.74) is 1.89. The molecule has 0 aromatic heterocycles. The maximum Gasteiger partial charge on any atom is 0.410 e. The van der Waals surface area contributed by atoms with Crippen LogP contribution >= 0.6 is 0 Å². The van der Waals surface area contributed by atoms with E-state index in [4.69, 9.17) is 28.9 Å². The fourth-order valence-electron chi connectivity index (χ4n) is 8.86. The van der Waals surface area contributed by atoms with Crippen LogP contribution in [-0.4, -0.2) is 77.8 Å². The highest BCUT2D eigenvalue weighted by Gasteiger charge is 2.65. The van der Waals surface area contributed by atoms with Crippen molar-refractivity contribution < 1.29 is 38.8 Å². The van der Waals surface area contributed by atoms with E-state index in [9.17, 15) is 15.0 Å². The maximum absolute atomic E-state index is 14.1. The lowest BCUT2D eigenvalue weighted by molar-refractivity contribution is -0.254. The normalized spacial score (nSPS) is 24.6. The van der Waals surface area contributed by atoms with Gasteiger partial charge in [0.25, 0.3) is 0 Å². The van der Waals surface area contributed by atoms with E-state index in [1.54, 1.807) is 18.0 Å². The fraction of sp³-hybridized carbons (Fsp3) is 0.542. The smallest absolute Gasteiger partial charge is 0.410 e. The van der Waals surface area contributed by atoms with Crippen LogP contribution in [0.4, 0.5) is 4.79 Å². The first kappa shape index (κ1) is 43.2. The first-order valence-corrected chi connectivity index (χ1v) is 21.0. The lowest BCUT2D eigenvalue weighted by Crippen LogP contribution is -2.69. The number of nitrogens with zero attached hydrogens (tertiary/aromatic N) is 2. The van der Waals surface area contributed by atoms with Gasteiger partial charge in [-0.25, -0.2) is 4.79 Å². The molecule has 10 nitrogen and oxygen atoms in total. The number of benzene rings is 3. The van der Waals surface area contributed by atoms with Crippen molar-refractivity contribution in [1.29, 1.82) is 0 Å². The van der Waals surface area contributed by atoms with Gasteiger partial charge in [0.2, 0.25) is 5.79 Å². The van der Waals surface area contributed by atoms with Gasteiger partial charge in [-0.15, -0.1) is 6.58 Å². The molecule has 6 unspecified atom stereocenters. The summed E-state index contributed by atoms with van der Waals surface area (Å²) in [5.74, 6) is 0.306. The van der Waals surface area contributed by atoms with E-state index in [-0.39, 0.29) is 49.6 Å². The number of hydrogen-bond donors (Lipinski definition) is 2. The Labute approximate surface area is 344 Å². The molecule has 0 radical (unpaired) electrons. The molecule has 3 aromatic rings. The zero-order valence-corrected chi connectivity index (χ0v) is 35.5. The van der Waals surface area contributed by atoms with Gasteiger partial charge in [-0.05, 0) is 110 Å². The molecule has 3 aromatic carbocycles. The summed E-state index contributed by atoms with van der Waals surface area (Å²) in [5, 5.41) is 26.9. The van der Waals surface area contributed by atoms with Gasteiger partial charge in [-0.1, -0.05) is 81.3 Å². The number of hydrogen-bond acceptors (Lipinski definition) is 9. The summed E-state index contributed by atoms with van der Waals surface area (Å²) in [7, 11) is 1.75. The van der Waals surface area contributed by atoms with Crippen LogP contribution in [0.25, 0.3) is 10.8 Å². The fourth-order valence-corrected chi connectivity index (χ4v) is 8.86. The molecule has 10 heteroatoms. The number of fused-ring (bicyclic) bond motifs is 3. The van der Waals surface area contributed by atoms with Gasteiger partial charge in [0.05, 0.1) is 24.8 Å². The third-order valence-corrected chi connectivity index (χ3v) is 11.4. The van der Waals surface area contributed by atoms with E-state index in [2.05, 4.69) is 36.9 Å². The third-order valence-electron chi connectivity index (χ3n) is 11.4. The Kier molecular flexibility index (Phi) is 13.6. The molecule has 6 atom stereocenters. The van der Waals surface area contributed by atoms with Gasteiger partial charge in [-0.2, -0.15) is 0 Å². The van der Waals surface area contributed by atoms with Crippen molar-refractivity contribution in [3.05, 3.63) is 90.5 Å². The molecule has 3 aliphatic rings. The molecular formula is C48H64N2O8. The van der Waals surface area contributed by atoms with Crippen LogP contribution in [0, 0.1) is 23.2 Å². The number of likely N-dealkylation sites (N-methyl/N-ethyl adjacent to an activating group) is 1. The zero-order chi connectivity index (χ0) is 41.7. The molecule has 58 heavy (non-hydrogen) atoms. The second-order valence-electron chi connectivity index (χ2n) is 18.3. The SMILES string of the molecule is C=CCOC12Oc3ccc(Oc4ccc5ccccc5c4)cc3C3C(CCCCO)C(CCCCO)C=C(C(=NOC(C)(C)C)CC1N(C)C(=O)OCC(C)(C)C)C32. The molecule has 1 amide bonds. The number of oxime groups is 1. The van der Waals surface area contributed by atoms with Crippen molar-refractivity contribution in [2.75, 3.05) is 33.5 Å². The highest BCUT2D eigenvalue weighted by atomic mass is 16.7. The van der Waals surface area contributed by atoms with E-state index in [0.717, 1.165) is 59.1 Å². The molecular weight excluding hydrogens is 733 g/mol. The molecule has 0 saturated heterocycles. The Morgan fingerprint density at radius 2 is 1.64 bits per heavy atom. The van der Waals surface area contributed by atoms with Gasteiger partial charge in [-0.3, -0.25) is 0 Å². The summed E-state index contributed by atoms with van der Waals surface area (Å²) in [4.78, 5) is 21.9. The molecule has 6 rings (SSSR count). The number of carbonyl (C=O) groups excluding carboxylic acids is 1. The summed E-state index contributed by atoms with van der Waals surface area (Å²) in [6, 6.07) is 19.6. The van der Waals surface area contributed by atoms with Crippen LogP contribution in [0.15, 0.2) is 90.1 Å². The Morgan fingerprint density at radius 1 is 0.948 bits per heavy atom. The first-order chi connectivity index (χ1) is 27.7. The van der Waals surface area contributed by atoms with Crippen LogP contribution in [0.5, 0.6) is 17.2 Å². The molecule has 314 valence electrons. The van der Waals surface area contributed by atoms with Gasteiger partial charge >= 0.3 is 6.09 Å². The second-order valence-corrected chi connectivity index (χ2v) is 18.3. The summed E-state index contributed by atoms with van der Waals surface area (Å²) in [6.07, 6.45) is 8.61. The topological polar surface area (TPSA) is 119 Å². The average molecular weight is 797 g/mol. The van der Waals surface area contributed by atoms with Crippen LogP contribution in [0.1, 0.15) is 98.0 Å². The lowest BCUT2D eigenvalue weighted by Gasteiger charge is -2.59. The maximum atomic E-state index is 14.1. The molecule has 2 aliphatic carbocycles. The first-order valence-electron chi connectivity index (χ1n) is 21.0. The van der Waals surface area contributed by atoms with E-state index in [1.807, 2.05) is 77.9 Å². The van der Waals surface area contributed by atoms with E-state index in [0.29, 0.717) is 30.8 Å². The number of aliphatic hydroxyl groups excluding tert-OH is 2. The van der Waals surface area contributed by atoms with Crippen molar-refractivity contribution in [2.45, 2.75) is 110 Å². The van der Waals surface area contributed by atoms with Crippen molar-refractivity contribution in [3.8, 4) is 17.2 Å². The van der Waals surface area contributed by atoms with Crippen LogP contribution in [-0.2, 0) is 14.3 Å². The van der Waals surface area contributed by atoms with Gasteiger partial charge in [0.15, 0.2) is 0 Å². The molecule has 2 N–H and O–H groups in total. The third kappa shape index (κ3) is 9.73. The molecule has 1 heterocycles. The van der Waals surface area contributed by atoms with Crippen LogP contribution in [0.2, 0.25) is 0 Å². The number of aliphatic hydroxyl groups is 2. The van der Waals surface area contributed by atoms with Gasteiger partial charge in [0, 0.05) is 38.2 Å². The molecule has 1 fully saturated rings. The Balaban J connectivity index is 1.55. The Hall–Kier alpha value is -4.38. The standard InChI is InChI=1S/C48H64N2O8/c1-9-26-55-48-42(50(8)45(53)54-31-46(2,3)4)30-40(49-58-47(5,6)7)38-28-34(18-12-14-24-51)37(19-13-15-25-52)43(44(38)48)39-29-36(22-23-41(39)57-48)56-35-21-20-32-16-10-11-17-33(32)27-35/h9-11,16-17,20-23,27-29,34,37,42-44,51-52H,1,12-15,18-19,24-26,30-31H2,2-8H3. The van der Waals surface area contributed by atoms with E-state index in [1.165, 1.54) is 0 Å². The summed E-state index contributed by atoms with van der Waals surface area (Å²) < 4.78 is 26.8. The predicted octanol–water partition coefficient (Wildman–Crippen LogP) is 10.2. The predicted molar refractivity (Wildman–Crippen MR) is 228 cm³/mol. The molecule has 1 aliphatic heterocycles. The van der Waals surface area contributed by atoms with Gasteiger partial charge in [0.1, 0.15) is 28.9 Å². The van der Waals surface area contributed by atoms with Gasteiger partial charge < -0.3 is 38.9 Å². The minimum atomic E-state index is -1.36. The number of allylic oxidation sites excluding steroid dienone is 1. The highest BCUT2D eigenvalue weighted by molar-refractivity contribution is 6.03. The average Bonchev–Trinajstić information content (AvgIpc) is 3.18. The van der Waals surface area contributed by atoms with Crippen molar-refractivity contribution in [3.63, 3.8) is 0 Å². The molecule has 1 saturated carbocycles.